The Labute approximate surface area is 145 Å². The SMILES string of the molecule is CC[C@@H](C)NC(=O)c1ccccc1NS(=O)(=O)c1cc(F)ccc1F. The molecule has 2 N–H and O–H groups in total. The normalized spacial score (nSPS) is 12.5. The van der Waals surface area contributed by atoms with Gasteiger partial charge in [-0.3, -0.25) is 9.52 Å². The fourth-order valence-electron chi connectivity index (χ4n) is 2.06. The average molecular weight is 368 g/mol. The number of benzene rings is 2. The molecule has 1 amide bonds. The molecule has 0 aliphatic rings. The van der Waals surface area contributed by atoms with Crippen molar-refractivity contribution in [3.8, 4) is 0 Å². The first-order valence-corrected chi connectivity index (χ1v) is 9.10. The van der Waals surface area contributed by atoms with Crippen molar-refractivity contribution in [3.05, 3.63) is 59.7 Å². The Bertz CT molecular complexity index is 885. The van der Waals surface area contributed by atoms with Crippen molar-refractivity contribution in [2.24, 2.45) is 0 Å². The molecule has 0 bridgehead atoms. The van der Waals surface area contributed by atoms with E-state index in [2.05, 4.69) is 10.0 Å². The topological polar surface area (TPSA) is 75.3 Å². The van der Waals surface area contributed by atoms with Crippen molar-refractivity contribution in [3.63, 3.8) is 0 Å². The molecule has 8 heteroatoms. The van der Waals surface area contributed by atoms with Crippen LogP contribution in [-0.4, -0.2) is 20.4 Å². The molecule has 0 aliphatic carbocycles. The first kappa shape index (κ1) is 18.9. The van der Waals surface area contributed by atoms with Crippen molar-refractivity contribution < 1.29 is 22.0 Å². The molecule has 2 rings (SSSR count). The van der Waals surface area contributed by atoms with E-state index in [1.54, 1.807) is 6.07 Å². The van der Waals surface area contributed by atoms with Crippen LogP contribution in [0, 0.1) is 11.6 Å². The summed E-state index contributed by atoms with van der Waals surface area (Å²) in [6.45, 7) is 3.71. The molecule has 0 aliphatic heterocycles. The molecule has 134 valence electrons. The quantitative estimate of drug-likeness (QED) is 0.822. The maximum atomic E-state index is 13.8. The minimum Gasteiger partial charge on any atom is -0.350 e. The zero-order valence-corrected chi connectivity index (χ0v) is 14.5. The highest BCUT2D eigenvalue weighted by atomic mass is 32.2. The zero-order chi connectivity index (χ0) is 18.6. The highest BCUT2D eigenvalue weighted by molar-refractivity contribution is 7.92. The fraction of sp³-hybridized carbons (Fsp3) is 0.235. The fourth-order valence-corrected chi connectivity index (χ4v) is 3.23. The Morgan fingerprint density at radius 2 is 1.84 bits per heavy atom. The van der Waals surface area contributed by atoms with Crippen LogP contribution in [0.2, 0.25) is 0 Å². The van der Waals surface area contributed by atoms with Crippen LogP contribution >= 0.6 is 0 Å². The Balaban J connectivity index is 2.37. The molecule has 2 aromatic carbocycles. The van der Waals surface area contributed by atoms with Gasteiger partial charge < -0.3 is 5.32 Å². The summed E-state index contributed by atoms with van der Waals surface area (Å²) in [6, 6.07) is 7.95. The van der Waals surface area contributed by atoms with E-state index in [0.29, 0.717) is 12.5 Å². The lowest BCUT2D eigenvalue weighted by atomic mass is 10.1. The lowest BCUT2D eigenvalue weighted by molar-refractivity contribution is 0.0940. The highest BCUT2D eigenvalue weighted by Crippen LogP contribution is 2.22. The molecular weight excluding hydrogens is 350 g/mol. The zero-order valence-electron chi connectivity index (χ0n) is 13.7. The van der Waals surface area contributed by atoms with Gasteiger partial charge in [-0.15, -0.1) is 0 Å². The molecule has 0 heterocycles. The van der Waals surface area contributed by atoms with Gasteiger partial charge in [-0.05, 0) is 43.7 Å². The maximum Gasteiger partial charge on any atom is 0.264 e. The number of amides is 1. The van der Waals surface area contributed by atoms with Gasteiger partial charge in [0, 0.05) is 6.04 Å². The standard InChI is InChI=1S/C17H18F2N2O3S/c1-3-11(2)20-17(22)13-6-4-5-7-15(13)21-25(23,24)16-10-12(18)8-9-14(16)19/h4-11,21H,3H2,1-2H3,(H,20,22)/t11-/m1/s1. The number of nitrogens with one attached hydrogen (secondary N) is 2. The summed E-state index contributed by atoms with van der Waals surface area (Å²) in [5.74, 6) is -2.44. The summed E-state index contributed by atoms with van der Waals surface area (Å²) in [4.78, 5) is 11.5. The first-order valence-electron chi connectivity index (χ1n) is 7.62. The van der Waals surface area contributed by atoms with E-state index in [1.165, 1.54) is 18.2 Å². The van der Waals surface area contributed by atoms with Crippen LogP contribution in [0.3, 0.4) is 0 Å². The van der Waals surface area contributed by atoms with E-state index in [1.807, 2.05) is 13.8 Å². The van der Waals surface area contributed by atoms with Crippen molar-refractivity contribution in [1.82, 2.24) is 5.32 Å². The first-order chi connectivity index (χ1) is 11.7. The number of carbonyl (C=O) groups is 1. The molecule has 0 unspecified atom stereocenters. The van der Waals surface area contributed by atoms with E-state index in [-0.39, 0.29) is 17.3 Å². The molecule has 5 nitrogen and oxygen atoms in total. The van der Waals surface area contributed by atoms with Gasteiger partial charge in [0.05, 0.1) is 11.3 Å². The van der Waals surface area contributed by atoms with Crippen LogP contribution in [0.1, 0.15) is 30.6 Å². The second-order valence-corrected chi connectivity index (χ2v) is 7.16. The lowest BCUT2D eigenvalue weighted by Crippen LogP contribution is -2.32. The van der Waals surface area contributed by atoms with Crippen LogP contribution < -0.4 is 10.0 Å². The van der Waals surface area contributed by atoms with Crippen LogP contribution in [0.25, 0.3) is 0 Å². The summed E-state index contributed by atoms with van der Waals surface area (Å²) >= 11 is 0. The van der Waals surface area contributed by atoms with Gasteiger partial charge in [0.1, 0.15) is 16.5 Å². The van der Waals surface area contributed by atoms with Crippen molar-refractivity contribution in [2.75, 3.05) is 4.72 Å². The molecule has 2 aromatic rings. The summed E-state index contributed by atoms with van der Waals surface area (Å²) < 4.78 is 54.0. The van der Waals surface area contributed by atoms with E-state index in [9.17, 15) is 22.0 Å². The highest BCUT2D eigenvalue weighted by Gasteiger charge is 2.22. The molecule has 0 spiro atoms. The second kappa shape index (κ2) is 7.60. The van der Waals surface area contributed by atoms with E-state index in [0.717, 1.165) is 12.1 Å². The Kier molecular flexibility index (Phi) is 5.73. The van der Waals surface area contributed by atoms with Gasteiger partial charge in [0.2, 0.25) is 0 Å². The van der Waals surface area contributed by atoms with E-state index >= 15 is 0 Å². The predicted molar refractivity (Wildman–Crippen MR) is 90.8 cm³/mol. The van der Waals surface area contributed by atoms with Crippen molar-refractivity contribution >= 4 is 21.6 Å². The summed E-state index contributed by atoms with van der Waals surface area (Å²) in [7, 11) is -4.40. The van der Waals surface area contributed by atoms with Crippen LogP contribution in [0.5, 0.6) is 0 Å². The average Bonchev–Trinajstić information content (AvgIpc) is 2.56. The smallest absolute Gasteiger partial charge is 0.264 e. The van der Waals surface area contributed by atoms with E-state index < -0.39 is 32.5 Å². The van der Waals surface area contributed by atoms with Crippen molar-refractivity contribution in [2.45, 2.75) is 31.2 Å². The molecule has 0 fully saturated rings. The molecule has 25 heavy (non-hydrogen) atoms. The van der Waals surface area contributed by atoms with Gasteiger partial charge >= 0.3 is 0 Å². The minimum atomic E-state index is -4.40. The number of sulfonamides is 1. The second-order valence-electron chi connectivity index (χ2n) is 5.51. The molecule has 1 atom stereocenters. The number of halogens is 2. The number of para-hydroxylation sites is 1. The van der Waals surface area contributed by atoms with Gasteiger partial charge in [-0.1, -0.05) is 19.1 Å². The van der Waals surface area contributed by atoms with Crippen LogP contribution in [-0.2, 0) is 10.0 Å². The predicted octanol–water partition coefficient (Wildman–Crippen LogP) is 3.29. The molecule has 0 saturated carbocycles. The Hall–Kier alpha value is -2.48. The van der Waals surface area contributed by atoms with E-state index in [4.69, 9.17) is 0 Å². The van der Waals surface area contributed by atoms with Gasteiger partial charge in [-0.2, -0.15) is 0 Å². The molecule has 0 saturated heterocycles. The third-order valence-corrected chi connectivity index (χ3v) is 4.97. The Morgan fingerprint density at radius 3 is 2.52 bits per heavy atom. The Morgan fingerprint density at radius 1 is 1.16 bits per heavy atom. The summed E-state index contributed by atoms with van der Waals surface area (Å²) in [5.41, 5.74) is 0.0650. The summed E-state index contributed by atoms with van der Waals surface area (Å²) in [6.07, 6.45) is 0.703. The van der Waals surface area contributed by atoms with Crippen LogP contribution in [0.15, 0.2) is 47.4 Å². The van der Waals surface area contributed by atoms with Gasteiger partial charge in [-0.25, -0.2) is 17.2 Å². The van der Waals surface area contributed by atoms with Crippen LogP contribution in [0.4, 0.5) is 14.5 Å². The minimum absolute atomic E-state index is 0.0213. The third-order valence-electron chi connectivity index (χ3n) is 3.59. The monoisotopic (exact) mass is 368 g/mol. The number of anilines is 1. The summed E-state index contributed by atoms with van der Waals surface area (Å²) in [5, 5.41) is 2.72. The number of rotatable bonds is 6. The number of hydrogen-bond donors (Lipinski definition) is 2. The molecule has 0 aromatic heterocycles. The van der Waals surface area contributed by atoms with Gasteiger partial charge in [0.15, 0.2) is 0 Å². The van der Waals surface area contributed by atoms with Gasteiger partial charge in [0.25, 0.3) is 15.9 Å². The molecule has 0 radical (unpaired) electrons. The maximum absolute atomic E-state index is 13.8. The van der Waals surface area contributed by atoms with Crippen molar-refractivity contribution in [1.29, 1.82) is 0 Å². The number of hydrogen-bond acceptors (Lipinski definition) is 3. The third kappa shape index (κ3) is 4.54. The lowest BCUT2D eigenvalue weighted by Gasteiger charge is -2.15. The largest absolute Gasteiger partial charge is 0.350 e. The molecular formula is C17H18F2N2O3S. The number of carbonyl (C=O) groups excluding carboxylic acids is 1.